The Morgan fingerprint density at radius 2 is 1.90 bits per heavy atom. The van der Waals surface area contributed by atoms with E-state index in [1.54, 1.807) is 34.5 Å². The van der Waals surface area contributed by atoms with Crippen molar-refractivity contribution in [3.63, 3.8) is 0 Å². The van der Waals surface area contributed by atoms with Gasteiger partial charge in [-0.2, -0.15) is 23.4 Å². The summed E-state index contributed by atoms with van der Waals surface area (Å²) < 4.78 is 54.0. The molecule has 0 saturated carbocycles. The van der Waals surface area contributed by atoms with Gasteiger partial charge >= 0.3 is 6.18 Å². The quantitative estimate of drug-likeness (QED) is 0.436. The van der Waals surface area contributed by atoms with E-state index < -0.39 is 11.9 Å². The highest BCUT2D eigenvalue weighted by atomic mass is 32.1. The minimum absolute atomic E-state index is 0.116. The van der Waals surface area contributed by atoms with E-state index in [1.165, 1.54) is 40.5 Å². The SMILES string of the molecule is O=C(Nc1cnn(Cc2cccc(F)c2)c1)c1cc(Cn2ccc(C(F)(F)F)n2)cs1. The molecule has 4 aromatic rings. The smallest absolute Gasteiger partial charge is 0.319 e. The summed E-state index contributed by atoms with van der Waals surface area (Å²) in [4.78, 5) is 12.9. The van der Waals surface area contributed by atoms with Gasteiger partial charge in [0.05, 0.1) is 29.9 Å². The molecule has 160 valence electrons. The molecule has 0 unspecified atom stereocenters. The van der Waals surface area contributed by atoms with Gasteiger partial charge in [-0.25, -0.2) is 4.39 Å². The maximum atomic E-state index is 13.3. The Hall–Kier alpha value is -3.47. The summed E-state index contributed by atoms with van der Waals surface area (Å²) in [6, 6.07) is 8.65. The molecular weight excluding hydrogens is 434 g/mol. The molecule has 1 N–H and O–H groups in total. The number of anilines is 1. The average Bonchev–Trinajstić information content (AvgIpc) is 3.43. The fourth-order valence-corrected chi connectivity index (χ4v) is 3.69. The van der Waals surface area contributed by atoms with Crippen molar-refractivity contribution in [3.8, 4) is 0 Å². The molecule has 0 aliphatic carbocycles. The number of nitrogens with one attached hydrogen (secondary N) is 1. The molecule has 3 heterocycles. The summed E-state index contributed by atoms with van der Waals surface area (Å²) >= 11 is 1.18. The number of nitrogens with zero attached hydrogens (tertiary/aromatic N) is 4. The van der Waals surface area contributed by atoms with Crippen LogP contribution in [0.25, 0.3) is 0 Å². The molecule has 6 nitrogen and oxygen atoms in total. The number of amides is 1. The van der Waals surface area contributed by atoms with Crippen LogP contribution < -0.4 is 5.32 Å². The van der Waals surface area contributed by atoms with Crippen molar-refractivity contribution in [3.05, 3.63) is 87.9 Å². The maximum absolute atomic E-state index is 13.3. The minimum Gasteiger partial charge on any atom is -0.319 e. The minimum atomic E-state index is -4.50. The molecule has 11 heteroatoms. The zero-order valence-electron chi connectivity index (χ0n) is 15.8. The van der Waals surface area contributed by atoms with Crippen molar-refractivity contribution < 1.29 is 22.4 Å². The van der Waals surface area contributed by atoms with E-state index in [-0.39, 0.29) is 18.3 Å². The third-order valence-corrected chi connectivity index (χ3v) is 5.26. The van der Waals surface area contributed by atoms with Crippen molar-refractivity contribution in [1.82, 2.24) is 19.6 Å². The van der Waals surface area contributed by atoms with Crippen LogP contribution >= 0.6 is 11.3 Å². The molecule has 3 aromatic heterocycles. The van der Waals surface area contributed by atoms with Gasteiger partial charge in [-0.05, 0) is 40.8 Å². The van der Waals surface area contributed by atoms with Gasteiger partial charge in [0.25, 0.3) is 5.91 Å². The first-order valence-corrected chi connectivity index (χ1v) is 9.90. The Morgan fingerprint density at radius 3 is 2.65 bits per heavy atom. The Morgan fingerprint density at radius 1 is 1.10 bits per heavy atom. The summed E-state index contributed by atoms with van der Waals surface area (Å²) in [7, 11) is 0. The highest BCUT2D eigenvalue weighted by Crippen LogP contribution is 2.27. The molecule has 0 saturated heterocycles. The predicted octanol–water partition coefficient (Wildman–Crippen LogP) is 4.65. The van der Waals surface area contributed by atoms with Gasteiger partial charge in [0.15, 0.2) is 5.69 Å². The number of hydrogen-bond donors (Lipinski definition) is 1. The van der Waals surface area contributed by atoms with Crippen LogP contribution in [0.15, 0.2) is 60.4 Å². The van der Waals surface area contributed by atoms with Crippen LogP contribution in [-0.4, -0.2) is 25.5 Å². The topological polar surface area (TPSA) is 64.7 Å². The molecule has 0 bridgehead atoms. The fourth-order valence-electron chi connectivity index (χ4n) is 2.90. The van der Waals surface area contributed by atoms with E-state index in [0.717, 1.165) is 11.6 Å². The number of benzene rings is 1. The Bertz CT molecular complexity index is 1210. The van der Waals surface area contributed by atoms with Gasteiger partial charge in [0.2, 0.25) is 0 Å². The van der Waals surface area contributed by atoms with Crippen molar-refractivity contribution in [2.45, 2.75) is 19.3 Å². The van der Waals surface area contributed by atoms with Crippen LogP contribution in [0.3, 0.4) is 0 Å². The van der Waals surface area contributed by atoms with E-state index in [4.69, 9.17) is 0 Å². The first kappa shape index (κ1) is 20.8. The molecule has 31 heavy (non-hydrogen) atoms. The third kappa shape index (κ3) is 5.18. The van der Waals surface area contributed by atoms with Gasteiger partial charge in [-0.1, -0.05) is 12.1 Å². The number of carbonyl (C=O) groups excluding carboxylic acids is 1. The Balaban J connectivity index is 1.37. The van der Waals surface area contributed by atoms with Crippen molar-refractivity contribution in [2.75, 3.05) is 5.32 Å². The summed E-state index contributed by atoms with van der Waals surface area (Å²) in [5.41, 5.74) is 0.902. The molecule has 4 rings (SSSR count). The molecule has 0 aliphatic rings. The molecule has 0 radical (unpaired) electrons. The molecule has 0 spiro atoms. The van der Waals surface area contributed by atoms with Crippen LogP contribution in [0.1, 0.15) is 26.5 Å². The number of carbonyl (C=O) groups is 1. The lowest BCUT2D eigenvalue weighted by Crippen LogP contribution is -2.10. The van der Waals surface area contributed by atoms with Crippen LogP contribution in [0.5, 0.6) is 0 Å². The highest BCUT2D eigenvalue weighted by molar-refractivity contribution is 7.12. The third-order valence-electron chi connectivity index (χ3n) is 4.28. The van der Waals surface area contributed by atoms with E-state index in [2.05, 4.69) is 15.5 Å². The number of thiophene rings is 1. The summed E-state index contributed by atoms with van der Waals surface area (Å²) in [6.07, 6.45) is -0.148. The monoisotopic (exact) mass is 449 g/mol. The van der Waals surface area contributed by atoms with Gasteiger partial charge in [0.1, 0.15) is 5.82 Å². The molecule has 1 aromatic carbocycles. The number of hydrogen-bond acceptors (Lipinski definition) is 4. The first-order valence-electron chi connectivity index (χ1n) is 9.02. The van der Waals surface area contributed by atoms with Gasteiger partial charge < -0.3 is 5.32 Å². The van der Waals surface area contributed by atoms with E-state index in [9.17, 15) is 22.4 Å². The second-order valence-electron chi connectivity index (χ2n) is 6.73. The summed E-state index contributed by atoms with van der Waals surface area (Å²) in [6.45, 7) is 0.464. The van der Waals surface area contributed by atoms with Gasteiger partial charge in [-0.15, -0.1) is 11.3 Å². The number of alkyl halides is 3. The number of aromatic nitrogens is 4. The van der Waals surface area contributed by atoms with Crippen molar-refractivity contribution in [2.24, 2.45) is 0 Å². The highest BCUT2D eigenvalue weighted by Gasteiger charge is 2.33. The zero-order valence-corrected chi connectivity index (χ0v) is 16.6. The Labute approximate surface area is 177 Å². The predicted molar refractivity (Wildman–Crippen MR) is 106 cm³/mol. The normalized spacial score (nSPS) is 11.6. The largest absolute Gasteiger partial charge is 0.435 e. The molecular formula is C20H15F4N5OS. The van der Waals surface area contributed by atoms with Crippen LogP contribution in [0.4, 0.5) is 23.2 Å². The number of rotatable bonds is 6. The van der Waals surface area contributed by atoms with Gasteiger partial charge in [0, 0.05) is 12.4 Å². The molecule has 0 fully saturated rings. The van der Waals surface area contributed by atoms with E-state index >= 15 is 0 Å². The first-order chi connectivity index (χ1) is 14.8. The lowest BCUT2D eigenvalue weighted by atomic mass is 10.2. The van der Waals surface area contributed by atoms with Crippen LogP contribution in [0, 0.1) is 5.82 Å². The maximum Gasteiger partial charge on any atom is 0.435 e. The lowest BCUT2D eigenvalue weighted by molar-refractivity contribution is -0.141. The standard InChI is InChI=1S/C20H15F4N5OS/c21-15-3-1-2-13(6-15)9-29-11-16(8-25-29)26-19(30)17-7-14(12-31-17)10-28-5-4-18(27-28)20(22,23)24/h1-8,11-12H,9-10H2,(H,26,30). The van der Waals surface area contributed by atoms with Crippen LogP contribution in [-0.2, 0) is 19.3 Å². The molecule has 0 atom stereocenters. The second-order valence-corrected chi connectivity index (χ2v) is 7.64. The van der Waals surface area contributed by atoms with Crippen LogP contribution in [0.2, 0.25) is 0 Å². The lowest BCUT2D eigenvalue weighted by Gasteiger charge is -2.02. The molecule has 0 aliphatic heterocycles. The molecule has 1 amide bonds. The van der Waals surface area contributed by atoms with Crippen molar-refractivity contribution >= 4 is 22.9 Å². The summed E-state index contributed by atoms with van der Waals surface area (Å²) in [5.74, 6) is -0.700. The zero-order chi connectivity index (χ0) is 22.0. The summed E-state index contributed by atoms with van der Waals surface area (Å²) in [5, 5.41) is 12.1. The fraction of sp³-hybridized carbons (Fsp3) is 0.150. The van der Waals surface area contributed by atoms with Crippen molar-refractivity contribution in [1.29, 1.82) is 0 Å². The Kier molecular flexibility index (Phi) is 5.59. The number of halogens is 4. The average molecular weight is 449 g/mol. The second kappa shape index (κ2) is 8.34. The van der Waals surface area contributed by atoms with E-state index in [0.29, 0.717) is 22.7 Å². The van der Waals surface area contributed by atoms with Gasteiger partial charge in [-0.3, -0.25) is 14.2 Å². The van der Waals surface area contributed by atoms with E-state index in [1.807, 2.05) is 0 Å².